The van der Waals surface area contributed by atoms with Crippen LogP contribution in [0.1, 0.15) is 9.75 Å². The summed E-state index contributed by atoms with van der Waals surface area (Å²) >= 11 is 3.66. The molecule has 6 rings (SSSR count). The average Bonchev–Trinajstić information content (AvgIpc) is 3.51. The smallest absolute Gasteiger partial charge is 0.115 e. The minimum Gasteiger partial charge on any atom is -0.508 e. The highest BCUT2D eigenvalue weighted by Crippen LogP contribution is 2.39. The van der Waals surface area contributed by atoms with Gasteiger partial charge < -0.3 is 9.67 Å². The summed E-state index contributed by atoms with van der Waals surface area (Å²) in [5.41, 5.74) is 5.88. The van der Waals surface area contributed by atoms with Crippen LogP contribution in [-0.2, 0) is 0 Å². The van der Waals surface area contributed by atoms with Crippen LogP contribution in [0.25, 0.3) is 48.4 Å². The molecule has 0 aliphatic heterocycles. The third-order valence-corrected chi connectivity index (χ3v) is 8.02. The Labute approximate surface area is 194 Å². The maximum atomic E-state index is 9.80. The highest BCUT2D eigenvalue weighted by molar-refractivity contribution is 7.15. The molecular weight excluding hydrogens is 430 g/mol. The molecule has 0 radical (unpaired) electrons. The van der Waals surface area contributed by atoms with E-state index in [1.807, 2.05) is 34.8 Å². The molecule has 156 valence electrons. The fraction of sp³-hybridized carbons (Fsp3) is 0.0714. The van der Waals surface area contributed by atoms with Crippen LogP contribution < -0.4 is 0 Å². The first kappa shape index (κ1) is 19.4. The molecular formula is C28H21NOS2. The van der Waals surface area contributed by atoms with Gasteiger partial charge in [0.1, 0.15) is 5.75 Å². The third kappa shape index (κ3) is 3.15. The highest BCUT2D eigenvalue weighted by Gasteiger charge is 2.15. The molecule has 0 aliphatic rings. The molecule has 0 saturated carbocycles. The minimum absolute atomic E-state index is 0.278. The Morgan fingerprint density at radius 1 is 0.594 bits per heavy atom. The summed E-state index contributed by atoms with van der Waals surface area (Å²) in [7, 11) is 0. The van der Waals surface area contributed by atoms with Gasteiger partial charge in [-0.05, 0) is 97.8 Å². The Kier molecular flexibility index (Phi) is 4.46. The van der Waals surface area contributed by atoms with E-state index >= 15 is 0 Å². The van der Waals surface area contributed by atoms with Gasteiger partial charge in [0.05, 0.1) is 11.0 Å². The van der Waals surface area contributed by atoms with Gasteiger partial charge in [-0.1, -0.05) is 12.1 Å². The van der Waals surface area contributed by atoms with Gasteiger partial charge in [0.15, 0.2) is 0 Å². The minimum atomic E-state index is 0.278. The number of aromatic nitrogens is 1. The summed E-state index contributed by atoms with van der Waals surface area (Å²) in [5.74, 6) is 0.278. The van der Waals surface area contributed by atoms with E-state index in [4.69, 9.17) is 0 Å². The number of nitrogens with zero attached hydrogens (tertiary/aromatic N) is 1. The van der Waals surface area contributed by atoms with Crippen molar-refractivity contribution in [3.63, 3.8) is 0 Å². The van der Waals surface area contributed by atoms with Crippen LogP contribution in [0.15, 0.2) is 84.9 Å². The van der Waals surface area contributed by atoms with E-state index in [2.05, 4.69) is 79.1 Å². The summed E-state index contributed by atoms with van der Waals surface area (Å²) in [4.78, 5) is 5.23. The summed E-state index contributed by atoms with van der Waals surface area (Å²) in [6.45, 7) is 4.30. The van der Waals surface area contributed by atoms with E-state index in [1.165, 1.54) is 52.4 Å². The second-order valence-corrected chi connectivity index (χ2v) is 10.7. The Morgan fingerprint density at radius 3 is 1.53 bits per heavy atom. The predicted molar refractivity (Wildman–Crippen MR) is 139 cm³/mol. The molecule has 0 bridgehead atoms. The number of thiophene rings is 2. The van der Waals surface area contributed by atoms with Gasteiger partial charge in [-0.15, -0.1) is 22.7 Å². The van der Waals surface area contributed by atoms with Crippen LogP contribution in [0, 0.1) is 13.8 Å². The maximum absolute atomic E-state index is 9.80. The molecule has 4 heteroatoms. The lowest BCUT2D eigenvalue weighted by molar-refractivity contribution is 0.475. The number of fused-ring (bicyclic) bond motifs is 3. The Bertz CT molecular complexity index is 1500. The van der Waals surface area contributed by atoms with E-state index in [0.717, 1.165) is 5.69 Å². The van der Waals surface area contributed by atoms with Crippen molar-refractivity contribution in [1.29, 1.82) is 0 Å². The number of phenols is 1. The monoisotopic (exact) mass is 451 g/mol. The molecule has 32 heavy (non-hydrogen) atoms. The SMILES string of the molecule is Cc1ccc(-c2ccc3c(c2)c2cc(-c4ccc(C)s4)ccc2n3-c2ccc(O)cc2)s1. The molecule has 0 spiro atoms. The van der Waals surface area contributed by atoms with Gasteiger partial charge in [-0.2, -0.15) is 0 Å². The molecule has 0 unspecified atom stereocenters. The van der Waals surface area contributed by atoms with Crippen molar-refractivity contribution in [2.45, 2.75) is 13.8 Å². The van der Waals surface area contributed by atoms with Crippen LogP contribution in [0.2, 0.25) is 0 Å². The van der Waals surface area contributed by atoms with Crippen molar-refractivity contribution in [3.8, 4) is 32.3 Å². The van der Waals surface area contributed by atoms with E-state index in [1.54, 1.807) is 12.1 Å². The number of rotatable bonds is 3. The van der Waals surface area contributed by atoms with Crippen molar-refractivity contribution in [1.82, 2.24) is 4.57 Å². The Morgan fingerprint density at radius 2 is 1.09 bits per heavy atom. The number of phenolic OH excluding ortho intramolecular Hbond substituents is 1. The van der Waals surface area contributed by atoms with Crippen LogP contribution >= 0.6 is 22.7 Å². The van der Waals surface area contributed by atoms with Gasteiger partial charge in [-0.3, -0.25) is 0 Å². The number of aromatic hydroxyl groups is 1. The van der Waals surface area contributed by atoms with Crippen LogP contribution in [0.4, 0.5) is 0 Å². The largest absolute Gasteiger partial charge is 0.508 e. The van der Waals surface area contributed by atoms with E-state index in [-0.39, 0.29) is 5.75 Å². The summed E-state index contributed by atoms with van der Waals surface area (Å²) in [5, 5.41) is 12.3. The topological polar surface area (TPSA) is 25.2 Å². The molecule has 0 saturated heterocycles. The molecule has 3 heterocycles. The van der Waals surface area contributed by atoms with E-state index < -0.39 is 0 Å². The zero-order valence-corrected chi connectivity index (χ0v) is 19.4. The first-order valence-electron chi connectivity index (χ1n) is 10.6. The van der Waals surface area contributed by atoms with Crippen molar-refractivity contribution in [3.05, 3.63) is 94.7 Å². The van der Waals surface area contributed by atoms with Gasteiger partial charge in [0, 0.05) is 36.0 Å². The van der Waals surface area contributed by atoms with Gasteiger partial charge in [-0.25, -0.2) is 0 Å². The third-order valence-electron chi connectivity index (χ3n) is 5.92. The lowest BCUT2D eigenvalue weighted by Gasteiger charge is -2.08. The Balaban J connectivity index is 1.66. The second kappa shape index (κ2) is 7.37. The van der Waals surface area contributed by atoms with Crippen molar-refractivity contribution < 1.29 is 5.11 Å². The van der Waals surface area contributed by atoms with Gasteiger partial charge >= 0.3 is 0 Å². The normalized spacial score (nSPS) is 11.6. The fourth-order valence-electron chi connectivity index (χ4n) is 4.39. The molecule has 1 N–H and O–H groups in total. The molecule has 0 amide bonds. The number of benzene rings is 3. The van der Waals surface area contributed by atoms with Crippen molar-refractivity contribution in [2.75, 3.05) is 0 Å². The predicted octanol–water partition coefficient (Wildman–Crippen LogP) is 8.56. The lowest BCUT2D eigenvalue weighted by Crippen LogP contribution is -1.93. The summed E-state index contributed by atoms with van der Waals surface area (Å²) in [6, 6.07) is 29.7. The summed E-state index contributed by atoms with van der Waals surface area (Å²) < 4.78 is 2.29. The van der Waals surface area contributed by atoms with E-state index in [9.17, 15) is 5.11 Å². The maximum Gasteiger partial charge on any atom is 0.115 e. The molecule has 0 aliphatic carbocycles. The van der Waals surface area contributed by atoms with E-state index in [0.29, 0.717) is 0 Å². The van der Waals surface area contributed by atoms with Crippen molar-refractivity contribution >= 4 is 44.5 Å². The molecule has 2 nitrogen and oxygen atoms in total. The standard InChI is InChI=1S/C28H21NOS2/c1-17-3-13-27(31-17)19-5-11-25-23(15-19)24-16-20(28-14-4-18(2)32-28)6-12-26(24)29(25)21-7-9-22(30)10-8-21/h3-16,30H,1-2H3. The summed E-state index contributed by atoms with van der Waals surface area (Å²) in [6.07, 6.45) is 0. The zero-order valence-electron chi connectivity index (χ0n) is 17.8. The molecule has 3 aromatic carbocycles. The highest BCUT2D eigenvalue weighted by atomic mass is 32.1. The number of hydrogen-bond acceptors (Lipinski definition) is 3. The van der Waals surface area contributed by atoms with Crippen molar-refractivity contribution in [2.24, 2.45) is 0 Å². The lowest BCUT2D eigenvalue weighted by atomic mass is 10.1. The number of aryl methyl sites for hydroxylation is 2. The number of hydrogen-bond donors (Lipinski definition) is 1. The first-order valence-corrected chi connectivity index (χ1v) is 12.2. The molecule has 0 fully saturated rings. The zero-order chi connectivity index (χ0) is 21.8. The molecule has 6 aromatic rings. The second-order valence-electron chi connectivity index (χ2n) is 8.14. The fourth-order valence-corrected chi connectivity index (χ4v) is 6.12. The molecule has 3 aromatic heterocycles. The Hall–Kier alpha value is -3.34. The average molecular weight is 452 g/mol. The van der Waals surface area contributed by atoms with Crippen LogP contribution in [0.5, 0.6) is 5.75 Å². The van der Waals surface area contributed by atoms with Crippen LogP contribution in [-0.4, -0.2) is 9.67 Å². The van der Waals surface area contributed by atoms with Gasteiger partial charge in [0.2, 0.25) is 0 Å². The van der Waals surface area contributed by atoms with Gasteiger partial charge in [0.25, 0.3) is 0 Å². The first-order chi connectivity index (χ1) is 15.6. The van der Waals surface area contributed by atoms with Crippen LogP contribution in [0.3, 0.4) is 0 Å². The quantitative estimate of drug-likeness (QED) is 0.286. The molecule has 0 atom stereocenters.